The molecular weight excluding hydrogens is 164 g/mol. The van der Waals surface area contributed by atoms with Crippen LogP contribution in [0.2, 0.25) is 0 Å². The summed E-state index contributed by atoms with van der Waals surface area (Å²) in [5.74, 6) is 0.136. The molecule has 0 atom stereocenters. The summed E-state index contributed by atoms with van der Waals surface area (Å²) in [6, 6.07) is 3.94. The van der Waals surface area contributed by atoms with Crippen molar-refractivity contribution in [1.82, 2.24) is 10.3 Å². The van der Waals surface area contributed by atoms with Gasteiger partial charge in [-0.2, -0.15) is 0 Å². The smallest absolute Gasteiger partial charge is 0.220 e. The third-order valence-corrected chi connectivity index (χ3v) is 1.86. The maximum atomic E-state index is 11.2. The number of hydrogen-bond acceptors (Lipinski definition) is 1. The molecular formula is C10H16N2O. The van der Waals surface area contributed by atoms with Crippen molar-refractivity contribution in [1.29, 1.82) is 0 Å². The molecule has 0 aromatic carbocycles. The van der Waals surface area contributed by atoms with E-state index >= 15 is 0 Å². The van der Waals surface area contributed by atoms with Gasteiger partial charge in [0.25, 0.3) is 0 Å². The maximum Gasteiger partial charge on any atom is 0.220 e. The van der Waals surface area contributed by atoms with E-state index in [1.54, 1.807) is 0 Å². The number of aryl methyl sites for hydroxylation is 1. The summed E-state index contributed by atoms with van der Waals surface area (Å²) in [5.41, 5.74) is 1.12. The molecule has 0 saturated carbocycles. The average Bonchev–Trinajstić information content (AvgIpc) is 2.64. The van der Waals surface area contributed by atoms with Crippen molar-refractivity contribution in [2.75, 3.05) is 6.54 Å². The van der Waals surface area contributed by atoms with E-state index in [1.165, 1.54) is 0 Å². The van der Waals surface area contributed by atoms with E-state index < -0.39 is 0 Å². The minimum Gasteiger partial charge on any atom is -0.365 e. The normalized spacial score (nSPS) is 9.92. The molecule has 72 valence electrons. The van der Waals surface area contributed by atoms with Crippen molar-refractivity contribution in [3.63, 3.8) is 0 Å². The molecule has 13 heavy (non-hydrogen) atoms. The molecule has 0 bridgehead atoms. The molecule has 0 aliphatic heterocycles. The second kappa shape index (κ2) is 5.41. The Labute approximate surface area is 78.5 Å². The predicted octanol–water partition coefficient (Wildman–Crippen LogP) is 1.47. The van der Waals surface area contributed by atoms with Gasteiger partial charge in [0.2, 0.25) is 5.91 Å². The Hall–Kier alpha value is -1.25. The summed E-state index contributed by atoms with van der Waals surface area (Å²) in [6.45, 7) is 2.83. The molecule has 1 rings (SSSR count). The summed E-state index contributed by atoms with van der Waals surface area (Å²) in [5, 5.41) is 2.84. The van der Waals surface area contributed by atoms with Crippen LogP contribution in [0, 0.1) is 0 Å². The lowest BCUT2D eigenvalue weighted by molar-refractivity contribution is -0.121. The lowest BCUT2D eigenvalue weighted by Gasteiger charge is -2.01. The van der Waals surface area contributed by atoms with Crippen LogP contribution >= 0.6 is 0 Å². The van der Waals surface area contributed by atoms with E-state index in [4.69, 9.17) is 0 Å². The second-order valence-corrected chi connectivity index (χ2v) is 3.05. The first-order chi connectivity index (χ1) is 6.33. The molecule has 0 radical (unpaired) electrons. The fourth-order valence-electron chi connectivity index (χ4n) is 1.12. The lowest BCUT2D eigenvalue weighted by Crippen LogP contribution is -2.24. The van der Waals surface area contributed by atoms with Crippen molar-refractivity contribution >= 4 is 5.91 Å². The summed E-state index contributed by atoms with van der Waals surface area (Å²) >= 11 is 0. The average molecular weight is 180 g/mol. The largest absolute Gasteiger partial charge is 0.365 e. The van der Waals surface area contributed by atoms with E-state index in [1.807, 2.05) is 25.3 Å². The highest BCUT2D eigenvalue weighted by Gasteiger charge is 2.00. The zero-order valence-corrected chi connectivity index (χ0v) is 7.97. The van der Waals surface area contributed by atoms with Gasteiger partial charge in [-0.15, -0.1) is 0 Å². The number of rotatable bonds is 5. The third-order valence-electron chi connectivity index (χ3n) is 1.86. The molecule has 0 aliphatic rings. The van der Waals surface area contributed by atoms with Gasteiger partial charge in [-0.25, -0.2) is 0 Å². The van der Waals surface area contributed by atoms with Gasteiger partial charge >= 0.3 is 0 Å². The van der Waals surface area contributed by atoms with Crippen molar-refractivity contribution in [3.8, 4) is 0 Å². The van der Waals surface area contributed by atoms with Crippen LogP contribution in [-0.2, 0) is 11.2 Å². The molecule has 1 heterocycles. The Balaban J connectivity index is 2.15. The van der Waals surface area contributed by atoms with Crippen molar-refractivity contribution in [2.45, 2.75) is 26.2 Å². The van der Waals surface area contributed by atoms with Gasteiger partial charge < -0.3 is 10.3 Å². The van der Waals surface area contributed by atoms with Gasteiger partial charge in [0, 0.05) is 24.9 Å². The van der Waals surface area contributed by atoms with Crippen LogP contribution in [0.3, 0.4) is 0 Å². The number of amides is 1. The van der Waals surface area contributed by atoms with Gasteiger partial charge in [-0.3, -0.25) is 4.79 Å². The van der Waals surface area contributed by atoms with Gasteiger partial charge in [-0.05, 0) is 25.0 Å². The highest BCUT2D eigenvalue weighted by molar-refractivity contribution is 5.76. The Bertz CT molecular complexity index is 241. The molecule has 3 heteroatoms. The molecule has 0 fully saturated rings. The van der Waals surface area contributed by atoms with Crippen LogP contribution in [0.4, 0.5) is 0 Å². The highest BCUT2D eigenvalue weighted by Crippen LogP contribution is 1.98. The molecule has 0 unspecified atom stereocenters. The van der Waals surface area contributed by atoms with Crippen LogP contribution in [0.25, 0.3) is 0 Å². The monoisotopic (exact) mass is 180 g/mol. The Morgan fingerprint density at radius 3 is 3.08 bits per heavy atom. The van der Waals surface area contributed by atoms with E-state index in [0.29, 0.717) is 6.42 Å². The lowest BCUT2D eigenvalue weighted by atomic mass is 10.2. The molecule has 0 spiro atoms. The number of H-pyrrole nitrogens is 1. The zero-order valence-electron chi connectivity index (χ0n) is 7.97. The Morgan fingerprint density at radius 1 is 1.62 bits per heavy atom. The summed E-state index contributed by atoms with van der Waals surface area (Å²) in [4.78, 5) is 14.2. The van der Waals surface area contributed by atoms with E-state index in [0.717, 1.165) is 25.1 Å². The number of aromatic nitrogens is 1. The topological polar surface area (TPSA) is 44.9 Å². The second-order valence-electron chi connectivity index (χ2n) is 3.05. The molecule has 3 nitrogen and oxygen atoms in total. The van der Waals surface area contributed by atoms with Crippen molar-refractivity contribution < 1.29 is 4.79 Å². The first-order valence-electron chi connectivity index (χ1n) is 4.72. The van der Waals surface area contributed by atoms with Crippen LogP contribution in [0.5, 0.6) is 0 Å². The maximum absolute atomic E-state index is 11.2. The quantitative estimate of drug-likeness (QED) is 0.708. The summed E-state index contributed by atoms with van der Waals surface area (Å²) in [6.07, 6.45) is 4.23. The fourth-order valence-corrected chi connectivity index (χ4v) is 1.12. The Kier molecular flexibility index (Phi) is 4.09. The summed E-state index contributed by atoms with van der Waals surface area (Å²) in [7, 11) is 0. The number of carbonyl (C=O) groups excluding carboxylic acids is 1. The number of aromatic amines is 1. The van der Waals surface area contributed by atoms with Crippen molar-refractivity contribution in [3.05, 3.63) is 24.0 Å². The van der Waals surface area contributed by atoms with E-state index in [9.17, 15) is 4.79 Å². The molecule has 0 saturated heterocycles. The van der Waals surface area contributed by atoms with Crippen LogP contribution < -0.4 is 5.32 Å². The number of hydrogen-bond donors (Lipinski definition) is 2. The van der Waals surface area contributed by atoms with Gasteiger partial charge in [0.1, 0.15) is 0 Å². The fraction of sp³-hybridized carbons (Fsp3) is 0.500. The van der Waals surface area contributed by atoms with Gasteiger partial charge in [0.15, 0.2) is 0 Å². The molecule has 2 N–H and O–H groups in total. The van der Waals surface area contributed by atoms with E-state index in [2.05, 4.69) is 10.3 Å². The van der Waals surface area contributed by atoms with Gasteiger partial charge in [-0.1, -0.05) is 6.92 Å². The third kappa shape index (κ3) is 3.78. The number of nitrogens with one attached hydrogen (secondary N) is 2. The highest BCUT2D eigenvalue weighted by atomic mass is 16.1. The zero-order chi connectivity index (χ0) is 9.52. The van der Waals surface area contributed by atoms with Crippen LogP contribution in [0.1, 0.15) is 25.5 Å². The minimum absolute atomic E-state index is 0.136. The van der Waals surface area contributed by atoms with E-state index in [-0.39, 0.29) is 5.91 Å². The molecule has 1 aromatic heterocycles. The van der Waals surface area contributed by atoms with Crippen LogP contribution in [0.15, 0.2) is 18.3 Å². The number of carbonyl (C=O) groups is 1. The van der Waals surface area contributed by atoms with Crippen molar-refractivity contribution in [2.24, 2.45) is 0 Å². The molecule has 0 aliphatic carbocycles. The standard InChI is InChI=1S/C10H16N2O/c1-2-7-12-10(13)6-5-9-4-3-8-11-9/h3-4,8,11H,2,5-7H2,1H3,(H,12,13). The summed E-state index contributed by atoms with van der Waals surface area (Å²) < 4.78 is 0. The molecule has 1 amide bonds. The first-order valence-corrected chi connectivity index (χ1v) is 4.72. The SMILES string of the molecule is CCCNC(=O)CCc1ccc[nH]1. The van der Waals surface area contributed by atoms with Crippen LogP contribution in [-0.4, -0.2) is 17.4 Å². The first kappa shape index (κ1) is 9.84. The minimum atomic E-state index is 0.136. The molecule has 1 aromatic rings. The Morgan fingerprint density at radius 2 is 2.46 bits per heavy atom. The predicted molar refractivity (Wildman–Crippen MR) is 52.4 cm³/mol. The van der Waals surface area contributed by atoms with Gasteiger partial charge in [0.05, 0.1) is 0 Å².